The fourth-order valence-corrected chi connectivity index (χ4v) is 4.63. The largest absolute Gasteiger partial charge is 0.418 e. The van der Waals surface area contributed by atoms with Crippen molar-refractivity contribution in [1.29, 1.82) is 0 Å². The summed E-state index contributed by atoms with van der Waals surface area (Å²) in [6.45, 7) is 3.95. The van der Waals surface area contributed by atoms with Crippen LogP contribution in [0, 0.1) is 18.8 Å². The number of hydrogen-bond donors (Lipinski definition) is 0. The minimum Gasteiger partial charge on any atom is -0.370 e. The van der Waals surface area contributed by atoms with Crippen molar-refractivity contribution in [2.45, 2.75) is 13.1 Å². The first-order chi connectivity index (χ1) is 14.3. The monoisotopic (exact) mass is 415 g/mol. The predicted molar refractivity (Wildman–Crippen MR) is 104 cm³/mol. The average molecular weight is 415 g/mol. The summed E-state index contributed by atoms with van der Waals surface area (Å²) in [6, 6.07) is 9.41. The summed E-state index contributed by atoms with van der Waals surface area (Å²) < 4.78 is 41.8. The Labute approximate surface area is 170 Å². The highest BCUT2D eigenvalue weighted by Gasteiger charge is 2.44. The highest BCUT2D eigenvalue weighted by molar-refractivity contribution is 5.91. The number of aryl methyl sites for hydroxylation is 1. The lowest BCUT2D eigenvalue weighted by Crippen LogP contribution is -2.34. The van der Waals surface area contributed by atoms with Crippen LogP contribution >= 0.6 is 0 Å². The summed E-state index contributed by atoms with van der Waals surface area (Å²) >= 11 is 0. The molecule has 156 valence electrons. The van der Waals surface area contributed by atoms with Crippen LogP contribution in [0.25, 0.3) is 5.65 Å². The van der Waals surface area contributed by atoms with Gasteiger partial charge in [0, 0.05) is 49.9 Å². The summed E-state index contributed by atoms with van der Waals surface area (Å²) in [6.07, 6.45) is -2.56. The molecule has 1 aromatic carbocycles. The Morgan fingerprint density at radius 3 is 2.40 bits per heavy atom. The number of alkyl halides is 3. The van der Waals surface area contributed by atoms with E-state index >= 15 is 0 Å². The minimum atomic E-state index is -4.39. The van der Waals surface area contributed by atoms with Crippen molar-refractivity contribution in [1.82, 2.24) is 19.5 Å². The fraction of sp³-hybridized carbons (Fsp3) is 0.381. The summed E-state index contributed by atoms with van der Waals surface area (Å²) in [5.74, 6) is 0.352. The third kappa shape index (κ3) is 3.09. The van der Waals surface area contributed by atoms with Gasteiger partial charge in [-0.1, -0.05) is 18.2 Å². The lowest BCUT2D eigenvalue weighted by atomic mass is 10.0. The van der Waals surface area contributed by atoms with E-state index < -0.39 is 11.7 Å². The molecule has 2 atom stereocenters. The van der Waals surface area contributed by atoms with Crippen LogP contribution in [0.4, 0.5) is 18.9 Å². The van der Waals surface area contributed by atoms with Gasteiger partial charge in [-0.25, -0.2) is 0 Å². The Balaban J connectivity index is 1.33. The Bertz CT molecular complexity index is 1110. The highest BCUT2D eigenvalue weighted by atomic mass is 19.4. The van der Waals surface area contributed by atoms with E-state index in [-0.39, 0.29) is 29.3 Å². The van der Waals surface area contributed by atoms with E-state index in [1.807, 2.05) is 25.3 Å². The molecule has 0 saturated carbocycles. The molecule has 2 aliphatic rings. The van der Waals surface area contributed by atoms with Crippen molar-refractivity contribution < 1.29 is 18.0 Å². The van der Waals surface area contributed by atoms with Gasteiger partial charge in [-0.3, -0.25) is 9.20 Å². The van der Waals surface area contributed by atoms with Crippen molar-refractivity contribution in [3.05, 3.63) is 59.5 Å². The number of carbonyl (C=O) groups is 1. The number of pyridine rings is 1. The SMILES string of the molecule is Cc1ccc2nnc(C(=O)N3CC4CN(c5ccccc5C(F)(F)F)CC4C3)n2c1. The number of anilines is 1. The van der Waals surface area contributed by atoms with E-state index in [1.165, 1.54) is 12.1 Å². The van der Waals surface area contributed by atoms with Crippen LogP contribution in [0.1, 0.15) is 21.7 Å². The first-order valence-corrected chi connectivity index (χ1v) is 9.83. The molecule has 2 fully saturated rings. The van der Waals surface area contributed by atoms with E-state index in [4.69, 9.17) is 0 Å². The maximum absolute atomic E-state index is 13.4. The van der Waals surface area contributed by atoms with Crippen molar-refractivity contribution in [2.75, 3.05) is 31.1 Å². The van der Waals surface area contributed by atoms with Crippen LogP contribution in [-0.2, 0) is 6.18 Å². The highest BCUT2D eigenvalue weighted by Crippen LogP contribution is 2.40. The zero-order chi connectivity index (χ0) is 21.0. The zero-order valence-corrected chi connectivity index (χ0v) is 16.3. The number of rotatable bonds is 2. The summed E-state index contributed by atoms with van der Waals surface area (Å²) in [4.78, 5) is 16.6. The van der Waals surface area contributed by atoms with Gasteiger partial charge >= 0.3 is 6.18 Å². The zero-order valence-electron chi connectivity index (χ0n) is 16.3. The fourth-order valence-electron chi connectivity index (χ4n) is 4.63. The van der Waals surface area contributed by atoms with Gasteiger partial charge in [0.15, 0.2) is 5.65 Å². The quantitative estimate of drug-likeness (QED) is 0.645. The second-order valence-electron chi connectivity index (χ2n) is 8.11. The number of halogens is 3. The smallest absolute Gasteiger partial charge is 0.370 e. The Kier molecular flexibility index (Phi) is 4.23. The number of likely N-dealkylation sites (tertiary alicyclic amines) is 1. The van der Waals surface area contributed by atoms with Gasteiger partial charge in [0.25, 0.3) is 5.91 Å². The van der Waals surface area contributed by atoms with Crippen LogP contribution in [0.2, 0.25) is 0 Å². The van der Waals surface area contributed by atoms with Crippen molar-refractivity contribution >= 4 is 17.2 Å². The normalized spacial score (nSPS) is 21.5. The van der Waals surface area contributed by atoms with E-state index in [1.54, 1.807) is 20.3 Å². The van der Waals surface area contributed by atoms with E-state index in [2.05, 4.69) is 10.2 Å². The first-order valence-electron chi connectivity index (χ1n) is 9.83. The van der Waals surface area contributed by atoms with E-state index in [0.29, 0.717) is 31.8 Å². The number of fused-ring (bicyclic) bond motifs is 2. The molecule has 9 heteroatoms. The number of aromatic nitrogens is 3. The standard InChI is InChI=1S/C21H20F3N5O/c1-13-6-7-18-25-26-19(29(18)8-13)20(30)28-11-14-9-27(10-15(14)12-28)17-5-3-2-4-16(17)21(22,23)24/h2-8,14-15H,9-12H2,1H3. The van der Waals surface area contributed by atoms with Crippen LogP contribution in [0.3, 0.4) is 0 Å². The van der Waals surface area contributed by atoms with Gasteiger partial charge < -0.3 is 9.80 Å². The Morgan fingerprint density at radius 1 is 1.00 bits per heavy atom. The number of amides is 1. The molecule has 4 heterocycles. The van der Waals surface area contributed by atoms with Gasteiger partial charge in [0.2, 0.25) is 5.82 Å². The maximum Gasteiger partial charge on any atom is 0.418 e. The number of benzene rings is 1. The first kappa shape index (κ1) is 18.9. The Morgan fingerprint density at radius 2 is 1.70 bits per heavy atom. The second kappa shape index (κ2) is 6.72. The molecule has 0 spiro atoms. The molecular formula is C21H20F3N5O. The number of carbonyl (C=O) groups excluding carboxylic acids is 1. The number of hydrogen-bond acceptors (Lipinski definition) is 4. The minimum absolute atomic E-state index is 0.135. The molecule has 0 aliphatic carbocycles. The molecule has 2 aliphatic heterocycles. The third-order valence-electron chi connectivity index (χ3n) is 6.07. The molecule has 2 unspecified atom stereocenters. The molecule has 5 rings (SSSR count). The van der Waals surface area contributed by atoms with Crippen molar-refractivity contribution in [2.24, 2.45) is 11.8 Å². The lowest BCUT2D eigenvalue weighted by Gasteiger charge is -2.25. The number of para-hydroxylation sites is 1. The van der Waals surface area contributed by atoms with Gasteiger partial charge in [0.1, 0.15) is 0 Å². The van der Waals surface area contributed by atoms with E-state index in [9.17, 15) is 18.0 Å². The average Bonchev–Trinajstić information content (AvgIpc) is 3.39. The number of nitrogens with zero attached hydrogens (tertiary/aromatic N) is 5. The van der Waals surface area contributed by atoms with E-state index in [0.717, 1.165) is 11.6 Å². The van der Waals surface area contributed by atoms with Crippen LogP contribution in [-0.4, -0.2) is 51.6 Å². The molecule has 0 N–H and O–H groups in total. The molecule has 1 amide bonds. The van der Waals surface area contributed by atoms with Crippen LogP contribution in [0.15, 0.2) is 42.6 Å². The molecular weight excluding hydrogens is 395 g/mol. The molecule has 0 radical (unpaired) electrons. The summed E-state index contributed by atoms with van der Waals surface area (Å²) in [7, 11) is 0. The topological polar surface area (TPSA) is 53.7 Å². The van der Waals surface area contributed by atoms with Crippen molar-refractivity contribution in [3.63, 3.8) is 0 Å². The molecule has 2 saturated heterocycles. The lowest BCUT2D eigenvalue weighted by molar-refractivity contribution is -0.137. The Hall–Kier alpha value is -3.10. The van der Waals surface area contributed by atoms with Gasteiger partial charge in [-0.2, -0.15) is 13.2 Å². The second-order valence-corrected chi connectivity index (χ2v) is 8.11. The third-order valence-corrected chi connectivity index (χ3v) is 6.07. The molecule has 3 aromatic rings. The van der Waals surface area contributed by atoms with Gasteiger partial charge in [-0.05, 0) is 30.7 Å². The molecule has 2 aromatic heterocycles. The molecule has 30 heavy (non-hydrogen) atoms. The van der Waals surface area contributed by atoms with Crippen LogP contribution in [0.5, 0.6) is 0 Å². The maximum atomic E-state index is 13.4. The summed E-state index contributed by atoms with van der Waals surface area (Å²) in [5.41, 5.74) is 1.21. The molecule has 0 bridgehead atoms. The van der Waals surface area contributed by atoms with Crippen molar-refractivity contribution in [3.8, 4) is 0 Å². The predicted octanol–water partition coefficient (Wildman–Crippen LogP) is 3.26. The summed E-state index contributed by atoms with van der Waals surface area (Å²) in [5, 5.41) is 8.12. The molecule has 6 nitrogen and oxygen atoms in total. The van der Waals surface area contributed by atoms with Gasteiger partial charge in [-0.15, -0.1) is 10.2 Å². The van der Waals surface area contributed by atoms with Gasteiger partial charge in [0.05, 0.1) is 5.56 Å². The van der Waals surface area contributed by atoms with Crippen LogP contribution < -0.4 is 4.90 Å².